The summed E-state index contributed by atoms with van der Waals surface area (Å²) in [7, 11) is 0. The van der Waals surface area contributed by atoms with E-state index >= 15 is 0 Å². The first-order valence-electron chi connectivity index (χ1n) is 5.84. The van der Waals surface area contributed by atoms with Crippen LogP contribution in [0.15, 0.2) is 6.07 Å². The van der Waals surface area contributed by atoms with Crippen LogP contribution in [0.1, 0.15) is 24.2 Å². The van der Waals surface area contributed by atoms with Gasteiger partial charge in [-0.3, -0.25) is 0 Å². The Bertz CT molecular complexity index is 441. The molecule has 2 heterocycles. The molecule has 5 heteroatoms. The summed E-state index contributed by atoms with van der Waals surface area (Å²) in [4.78, 5) is 10.7. The van der Waals surface area contributed by atoms with Gasteiger partial charge in [-0.15, -0.1) is 0 Å². The molecule has 0 radical (unpaired) electrons. The second-order valence-electron chi connectivity index (χ2n) is 4.42. The van der Waals surface area contributed by atoms with Crippen molar-refractivity contribution in [2.45, 2.75) is 19.8 Å². The van der Waals surface area contributed by atoms with E-state index in [0.717, 1.165) is 31.6 Å². The van der Waals surface area contributed by atoms with Gasteiger partial charge in [0.05, 0.1) is 0 Å². The Morgan fingerprint density at radius 2 is 2.41 bits per heavy atom. The highest BCUT2D eigenvalue weighted by molar-refractivity contribution is 5.37. The molecule has 0 saturated carbocycles. The number of nitrogens with zero attached hydrogens (tertiary/aromatic N) is 4. The number of hydrogen-bond acceptors (Lipinski definition) is 5. The third-order valence-corrected chi connectivity index (χ3v) is 3.06. The molecule has 0 bridgehead atoms. The number of nitriles is 1. The van der Waals surface area contributed by atoms with Gasteiger partial charge in [0.25, 0.3) is 0 Å². The monoisotopic (exact) mass is 232 g/mol. The highest BCUT2D eigenvalue weighted by atomic mass is 16.3. The molecule has 1 atom stereocenters. The van der Waals surface area contributed by atoms with Gasteiger partial charge in [-0.25, -0.2) is 9.97 Å². The van der Waals surface area contributed by atoms with Gasteiger partial charge in [-0.1, -0.05) is 0 Å². The standard InChI is InChI=1S/C12H16N4O/c1-9-6-11(7-13)15-12(14-9)16-4-2-10(8-16)3-5-17/h6,10,17H,2-5,8H2,1H3. The van der Waals surface area contributed by atoms with Gasteiger partial charge in [0.1, 0.15) is 11.8 Å². The van der Waals surface area contributed by atoms with Crippen LogP contribution in [-0.4, -0.2) is 34.8 Å². The van der Waals surface area contributed by atoms with Crippen LogP contribution in [0.2, 0.25) is 0 Å². The minimum atomic E-state index is 0.233. The smallest absolute Gasteiger partial charge is 0.226 e. The van der Waals surface area contributed by atoms with E-state index in [1.54, 1.807) is 6.07 Å². The molecule has 0 aromatic carbocycles. The summed E-state index contributed by atoms with van der Waals surface area (Å²) >= 11 is 0. The Morgan fingerprint density at radius 1 is 1.59 bits per heavy atom. The van der Waals surface area contributed by atoms with E-state index in [4.69, 9.17) is 10.4 Å². The van der Waals surface area contributed by atoms with Crippen LogP contribution in [0.25, 0.3) is 0 Å². The molecular weight excluding hydrogens is 216 g/mol. The summed E-state index contributed by atoms with van der Waals surface area (Å²) in [5, 5.41) is 17.8. The molecule has 1 aromatic heterocycles. The van der Waals surface area contributed by atoms with E-state index in [-0.39, 0.29) is 6.61 Å². The van der Waals surface area contributed by atoms with Gasteiger partial charge in [0.15, 0.2) is 0 Å². The van der Waals surface area contributed by atoms with Crippen LogP contribution in [0.4, 0.5) is 5.95 Å². The predicted octanol–water partition coefficient (Wildman–Crippen LogP) is 0.865. The van der Waals surface area contributed by atoms with Crippen molar-refractivity contribution in [1.82, 2.24) is 9.97 Å². The van der Waals surface area contributed by atoms with Crippen molar-refractivity contribution in [1.29, 1.82) is 5.26 Å². The largest absolute Gasteiger partial charge is 0.396 e. The van der Waals surface area contributed by atoms with Crippen LogP contribution >= 0.6 is 0 Å². The van der Waals surface area contributed by atoms with Gasteiger partial charge in [-0.2, -0.15) is 5.26 Å². The van der Waals surface area contributed by atoms with Gasteiger partial charge in [0.2, 0.25) is 5.95 Å². The zero-order chi connectivity index (χ0) is 12.3. The van der Waals surface area contributed by atoms with Crippen molar-refractivity contribution in [3.8, 4) is 6.07 Å². The second kappa shape index (κ2) is 5.11. The fourth-order valence-corrected chi connectivity index (χ4v) is 2.18. The van der Waals surface area contributed by atoms with Crippen molar-refractivity contribution in [3.05, 3.63) is 17.5 Å². The molecule has 1 saturated heterocycles. The molecule has 90 valence electrons. The number of aliphatic hydroxyl groups excluding tert-OH is 1. The average Bonchev–Trinajstić information content (AvgIpc) is 2.77. The Kier molecular flexibility index (Phi) is 3.55. The lowest BCUT2D eigenvalue weighted by molar-refractivity contribution is 0.263. The summed E-state index contributed by atoms with van der Waals surface area (Å²) in [6, 6.07) is 3.74. The molecule has 1 aliphatic rings. The van der Waals surface area contributed by atoms with Gasteiger partial charge >= 0.3 is 0 Å². The number of hydrogen-bond donors (Lipinski definition) is 1. The summed E-state index contributed by atoms with van der Waals surface area (Å²) < 4.78 is 0. The van der Waals surface area contributed by atoms with Crippen molar-refractivity contribution < 1.29 is 5.11 Å². The van der Waals surface area contributed by atoms with E-state index in [1.807, 2.05) is 6.92 Å². The van der Waals surface area contributed by atoms with E-state index in [0.29, 0.717) is 17.6 Å². The topological polar surface area (TPSA) is 73.0 Å². The number of rotatable bonds is 3. The summed E-state index contributed by atoms with van der Waals surface area (Å²) in [5.74, 6) is 1.15. The number of aryl methyl sites for hydroxylation is 1. The first kappa shape index (κ1) is 11.8. The van der Waals surface area contributed by atoms with Crippen molar-refractivity contribution in [2.24, 2.45) is 5.92 Å². The third-order valence-electron chi connectivity index (χ3n) is 3.06. The molecule has 1 N–H and O–H groups in total. The Morgan fingerprint density at radius 3 is 3.12 bits per heavy atom. The molecule has 0 spiro atoms. The highest BCUT2D eigenvalue weighted by Gasteiger charge is 2.24. The minimum Gasteiger partial charge on any atom is -0.396 e. The molecule has 17 heavy (non-hydrogen) atoms. The fourth-order valence-electron chi connectivity index (χ4n) is 2.18. The average molecular weight is 232 g/mol. The summed E-state index contributed by atoms with van der Waals surface area (Å²) in [6.07, 6.45) is 1.88. The Labute approximate surface area is 101 Å². The van der Waals surface area contributed by atoms with Crippen molar-refractivity contribution >= 4 is 5.95 Å². The van der Waals surface area contributed by atoms with E-state index in [2.05, 4.69) is 20.9 Å². The van der Waals surface area contributed by atoms with Crippen LogP contribution in [0.3, 0.4) is 0 Å². The number of aromatic nitrogens is 2. The third kappa shape index (κ3) is 2.71. The molecular formula is C12H16N4O. The first-order chi connectivity index (χ1) is 8.22. The van der Waals surface area contributed by atoms with Crippen LogP contribution in [0.5, 0.6) is 0 Å². The molecule has 2 rings (SSSR count). The van der Waals surface area contributed by atoms with Crippen LogP contribution in [0, 0.1) is 24.2 Å². The summed E-state index contributed by atoms with van der Waals surface area (Å²) in [6.45, 7) is 3.87. The normalized spacial score (nSPS) is 19.4. The molecule has 1 unspecified atom stereocenters. The maximum absolute atomic E-state index is 8.92. The van der Waals surface area contributed by atoms with E-state index < -0.39 is 0 Å². The Hall–Kier alpha value is -1.67. The summed E-state index contributed by atoms with van der Waals surface area (Å²) in [5.41, 5.74) is 1.23. The zero-order valence-electron chi connectivity index (χ0n) is 9.93. The predicted molar refractivity (Wildman–Crippen MR) is 63.5 cm³/mol. The number of anilines is 1. The molecule has 0 aliphatic carbocycles. The molecule has 5 nitrogen and oxygen atoms in total. The SMILES string of the molecule is Cc1cc(C#N)nc(N2CCC(CCO)C2)n1. The molecule has 1 fully saturated rings. The van der Waals surface area contributed by atoms with Gasteiger partial charge in [0, 0.05) is 25.4 Å². The van der Waals surface area contributed by atoms with Gasteiger partial charge in [-0.05, 0) is 31.7 Å². The van der Waals surface area contributed by atoms with E-state index in [1.165, 1.54) is 0 Å². The van der Waals surface area contributed by atoms with Crippen molar-refractivity contribution in [2.75, 3.05) is 24.6 Å². The van der Waals surface area contributed by atoms with Crippen LogP contribution in [-0.2, 0) is 0 Å². The maximum Gasteiger partial charge on any atom is 0.226 e. The van der Waals surface area contributed by atoms with E-state index in [9.17, 15) is 0 Å². The zero-order valence-corrected chi connectivity index (χ0v) is 9.93. The van der Waals surface area contributed by atoms with Gasteiger partial charge < -0.3 is 10.0 Å². The quantitative estimate of drug-likeness (QED) is 0.837. The minimum absolute atomic E-state index is 0.233. The first-order valence-corrected chi connectivity index (χ1v) is 5.84. The fraction of sp³-hybridized carbons (Fsp3) is 0.583. The second-order valence-corrected chi connectivity index (χ2v) is 4.42. The maximum atomic E-state index is 8.92. The van der Waals surface area contributed by atoms with Crippen molar-refractivity contribution in [3.63, 3.8) is 0 Å². The Balaban J connectivity index is 2.13. The molecule has 0 amide bonds. The lowest BCUT2D eigenvalue weighted by Crippen LogP contribution is -2.23. The molecule has 1 aromatic rings. The molecule has 1 aliphatic heterocycles. The lowest BCUT2D eigenvalue weighted by Gasteiger charge is -2.16. The number of aliphatic hydroxyl groups is 1. The van der Waals surface area contributed by atoms with Crippen LogP contribution < -0.4 is 4.90 Å². The highest BCUT2D eigenvalue weighted by Crippen LogP contribution is 2.23. The lowest BCUT2D eigenvalue weighted by atomic mass is 10.1.